The highest BCUT2D eigenvalue weighted by atomic mass is 16.2. The smallest absolute Gasteiger partial charge is 0.271 e. The Labute approximate surface area is 123 Å². The molecule has 2 heterocycles. The van der Waals surface area contributed by atoms with Crippen molar-refractivity contribution in [3.63, 3.8) is 0 Å². The third kappa shape index (κ3) is 4.54. The van der Waals surface area contributed by atoms with Gasteiger partial charge in [0.15, 0.2) is 0 Å². The van der Waals surface area contributed by atoms with Crippen molar-refractivity contribution >= 4 is 11.8 Å². The van der Waals surface area contributed by atoms with Gasteiger partial charge in [-0.05, 0) is 12.8 Å². The average molecular weight is 294 g/mol. The maximum absolute atomic E-state index is 12.1. The van der Waals surface area contributed by atoms with E-state index in [0.717, 1.165) is 25.9 Å². The average Bonchev–Trinajstić information content (AvgIpc) is 2.89. The molecule has 1 saturated heterocycles. The summed E-state index contributed by atoms with van der Waals surface area (Å²) in [5.41, 5.74) is 11.0. The summed E-state index contributed by atoms with van der Waals surface area (Å²) in [7, 11) is 0. The highest BCUT2D eigenvalue weighted by Gasteiger charge is 2.22. The Hall–Kier alpha value is -1.93. The summed E-state index contributed by atoms with van der Waals surface area (Å²) in [6.45, 7) is 2.96. The van der Waals surface area contributed by atoms with Crippen LogP contribution in [0.2, 0.25) is 0 Å². The molecule has 1 aromatic heterocycles. The second kappa shape index (κ2) is 7.19. The number of hydrogen-bond donors (Lipinski definition) is 3. The fourth-order valence-corrected chi connectivity index (χ4v) is 2.46. The maximum Gasteiger partial charge on any atom is 0.271 e. The van der Waals surface area contributed by atoms with Crippen molar-refractivity contribution in [3.05, 3.63) is 18.2 Å². The van der Waals surface area contributed by atoms with E-state index < -0.39 is 0 Å². The number of piperidine rings is 1. The molecule has 8 nitrogen and oxygen atoms in total. The molecule has 1 aromatic rings. The highest BCUT2D eigenvalue weighted by Crippen LogP contribution is 2.10. The number of nitrogens with two attached hydrogens (primary N) is 2. The van der Waals surface area contributed by atoms with Gasteiger partial charge in [0.05, 0.1) is 12.9 Å². The van der Waals surface area contributed by atoms with Crippen molar-refractivity contribution in [1.82, 2.24) is 19.8 Å². The van der Waals surface area contributed by atoms with Gasteiger partial charge in [0.2, 0.25) is 5.91 Å². The molecule has 0 saturated carbocycles. The molecule has 1 aliphatic rings. The van der Waals surface area contributed by atoms with Gasteiger partial charge in [-0.25, -0.2) is 4.98 Å². The van der Waals surface area contributed by atoms with Gasteiger partial charge in [-0.15, -0.1) is 0 Å². The van der Waals surface area contributed by atoms with Gasteiger partial charge >= 0.3 is 0 Å². The first-order valence-corrected chi connectivity index (χ1v) is 7.12. The van der Waals surface area contributed by atoms with Gasteiger partial charge in [0.25, 0.3) is 5.91 Å². The van der Waals surface area contributed by atoms with Gasteiger partial charge in [0, 0.05) is 38.4 Å². The third-order valence-corrected chi connectivity index (χ3v) is 3.56. The number of carbonyl (C=O) groups excluding carboxylic acids is 2. The summed E-state index contributed by atoms with van der Waals surface area (Å²) < 4.78 is 1.80. The van der Waals surface area contributed by atoms with Crippen molar-refractivity contribution in [2.75, 3.05) is 26.2 Å². The van der Waals surface area contributed by atoms with Crippen molar-refractivity contribution in [2.24, 2.45) is 11.5 Å². The minimum atomic E-state index is -0.317. The molecule has 2 rings (SSSR count). The molecule has 116 valence electrons. The standard InChI is InChI=1S/C13H22N6O2/c14-3-6-19-7-11(16-9-19)13(21)17-10-1-4-18(5-2-10)8-12(15)20/h7,9-10H,1-6,8,14H2,(H2,15,20)(H,17,21). The fourth-order valence-electron chi connectivity index (χ4n) is 2.46. The molecule has 0 aromatic carbocycles. The largest absolute Gasteiger partial charge is 0.369 e. The molecule has 2 amide bonds. The number of carbonyl (C=O) groups is 2. The van der Waals surface area contributed by atoms with Crippen LogP contribution in [0.25, 0.3) is 0 Å². The first-order chi connectivity index (χ1) is 10.1. The molecule has 0 radical (unpaired) electrons. The fraction of sp³-hybridized carbons (Fsp3) is 0.615. The lowest BCUT2D eigenvalue weighted by atomic mass is 10.0. The Bertz CT molecular complexity index is 493. The van der Waals surface area contributed by atoms with E-state index in [9.17, 15) is 9.59 Å². The minimum Gasteiger partial charge on any atom is -0.369 e. The van der Waals surface area contributed by atoms with Gasteiger partial charge in [-0.2, -0.15) is 0 Å². The van der Waals surface area contributed by atoms with E-state index in [2.05, 4.69) is 10.3 Å². The number of primary amides is 1. The Morgan fingerprint density at radius 3 is 2.71 bits per heavy atom. The normalized spacial score (nSPS) is 16.8. The summed E-state index contributed by atoms with van der Waals surface area (Å²) in [5, 5.41) is 2.98. The zero-order valence-electron chi connectivity index (χ0n) is 12.0. The van der Waals surface area contributed by atoms with Gasteiger partial charge in [-0.1, -0.05) is 0 Å². The second-order valence-electron chi connectivity index (χ2n) is 5.28. The van der Waals surface area contributed by atoms with Crippen molar-refractivity contribution in [1.29, 1.82) is 0 Å². The number of amides is 2. The molecule has 5 N–H and O–H groups in total. The quantitative estimate of drug-likeness (QED) is 0.591. The van der Waals surface area contributed by atoms with E-state index in [-0.39, 0.29) is 24.4 Å². The number of rotatable bonds is 6. The van der Waals surface area contributed by atoms with Crippen molar-refractivity contribution in [3.8, 4) is 0 Å². The van der Waals surface area contributed by atoms with Gasteiger partial charge < -0.3 is 21.4 Å². The minimum absolute atomic E-state index is 0.112. The number of hydrogen-bond acceptors (Lipinski definition) is 5. The van der Waals surface area contributed by atoms with Crippen LogP contribution in [0.1, 0.15) is 23.3 Å². The van der Waals surface area contributed by atoms with Crippen LogP contribution in [0.3, 0.4) is 0 Å². The Morgan fingerprint density at radius 1 is 1.38 bits per heavy atom. The highest BCUT2D eigenvalue weighted by molar-refractivity contribution is 5.92. The van der Waals surface area contributed by atoms with Crippen LogP contribution in [-0.2, 0) is 11.3 Å². The molecule has 8 heteroatoms. The van der Waals surface area contributed by atoms with Crippen LogP contribution in [0.5, 0.6) is 0 Å². The first-order valence-electron chi connectivity index (χ1n) is 7.12. The predicted molar refractivity (Wildman–Crippen MR) is 77.4 cm³/mol. The van der Waals surface area contributed by atoms with Crippen LogP contribution in [0.15, 0.2) is 12.5 Å². The zero-order chi connectivity index (χ0) is 15.2. The number of likely N-dealkylation sites (tertiary alicyclic amines) is 1. The Kier molecular flexibility index (Phi) is 5.29. The summed E-state index contributed by atoms with van der Waals surface area (Å²) in [6, 6.07) is 0.112. The predicted octanol–water partition coefficient (Wildman–Crippen LogP) is -1.48. The van der Waals surface area contributed by atoms with Crippen LogP contribution < -0.4 is 16.8 Å². The molecule has 1 aliphatic heterocycles. The van der Waals surface area contributed by atoms with Crippen molar-refractivity contribution < 1.29 is 9.59 Å². The van der Waals surface area contributed by atoms with E-state index >= 15 is 0 Å². The number of nitrogens with zero attached hydrogens (tertiary/aromatic N) is 3. The molecule has 0 spiro atoms. The molecular formula is C13H22N6O2. The van der Waals surface area contributed by atoms with Crippen molar-refractivity contribution in [2.45, 2.75) is 25.4 Å². The van der Waals surface area contributed by atoms with Crippen LogP contribution in [0, 0.1) is 0 Å². The molecule has 1 fully saturated rings. The van der Waals surface area contributed by atoms with Crippen LogP contribution in [-0.4, -0.2) is 58.5 Å². The molecule has 0 atom stereocenters. The summed E-state index contributed by atoms with van der Waals surface area (Å²) in [6.07, 6.45) is 4.92. The Morgan fingerprint density at radius 2 is 2.10 bits per heavy atom. The summed E-state index contributed by atoms with van der Waals surface area (Å²) in [5.74, 6) is -0.484. The molecule has 21 heavy (non-hydrogen) atoms. The van der Waals surface area contributed by atoms with E-state index in [1.165, 1.54) is 0 Å². The lowest BCUT2D eigenvalue weighted by Crippen LogP contribution is -2.46. The SMILES string of the molecule is NCCn1cnc(C(=O)NC2CCN(CC(N)=O)CC2)c1. The van der Waals surface area contributed by atoms with Crippen LogP contribution in [0.4, 0.5) is 0 Å². The van der Waals surface area contributed by atoms with E-state index in [4.69, 9.17) is 11.5 Å². The maximum atomic E-state index is 12.1. The number of aromatic nitrogens is 2. The second-order valence-corrected chi connectivity index (χ2v) is 5.28. The van der Waals surface area contributed by atoms with Crippen LogP contribution >= 0.6 is 0 Å². The third-order valence-electron chi connectivity index (χ3n) is 3.56. The topological polar surface area (TPSA) is 119 Å². The molecule has 0 bridgehead atoms. The van der Waals surface area contributed by atoms with E-state index in [0.29, 0.717) is 18.8 Å². The first kappa shape index (κ1) is 15.5. The summed E-state index contributed by atoms with van der Waals surface area (Å²) in [4.78, 5) is 29.0. The Balaban J connectivity index is 1.79. The number of nitrogens with one attached hydrogen (secondary N) is 1. The van der Waals surface area contributed by atoms with E-state index in [1.807, 2.05) is 4.90 Å². The van der Waals surface area contributed by atoms with E-state index in [1.54, 1.807) is 17.1 Å². The molecule has 0 aliphatic carbocycles. The molecule has 0 unspecified atom stereocenters. The summed E-state index contributed by atoms with van der Waals surface area (Å²) >= 11 is 0. The lowest BCUT2D eigenvalue weighted by Gasteiger charge is -2.31. The van der Waals surface area contributed by atoms with Gasteiger partial charge in [-0.3, -0.25) is 14.5 Å². The number of imidazole rings is 1. The zero-order valence-corrected chi connectivity index (χ0v) is 12.0. The monoisotopic (exact) mass is 294 g/mol. The lowest BCUT2D eigenvalue weighted by molar-refractivity contribution is -0.119. The molecular weight excluding hydrogens is 272 g/mol. The van der Waals surface area contributed by atoms with Gasteiger partial charge in [0.1, 0.15) is 5.69 Å².